The van der Waals surface area contributed by atoms with Gasteiger partial charge in [-0.3, -0.25) is 4.90 Å². The maximum atomic E-state index is 6.07. The fourth-order valence-corrected chi connectivity index (χ4v) is 3.45. The minimum Gasteiger partial charge on any atom is -0.326 e. The summed E-state index contributed by atoms with van der Waals surface area (Å²) in [7, 11) is 0. The Morgan fingerprint density at radius 3 is 2.90 bits per heavy atom. The highest BCUT2D eigenvalue weighted by atomic mass is 127. The number of rotatable bonds is 6. The van der Waals surface area contributed by atoms with E-state index >= 15 is 0 Å². The van der Waals surface area contributed by atoms with Crippen molar-refractivity contribution in [3.05, 3.63) is 27.6 Å². The molecule has 3 rings (SSSR count). The number of benzene rings is 1. The van der Waals surface area contributed by atoms with E-state index < -0.39 is 0 Å². The molecule has 0 radical (unpaired) electrons. The zero-order valence-electron chi connectivity index (χ0n) is 11.6. The van der Waals surface area contributed by atoms with Gasteiger partial charge in [0.05, 0.1) is 16.9 Å². The van der Waals surface area contributed by atoms with E-state index in [4.69, 9.17) is 11.6 Å². The van der Waals surface area contributed by atoms with Crippen molar-refractivity contribution in [2.45, 2.75) is 38.2 Å². The summed E-state index contributed by atoms with van der Waals surface area (Å²) in [6.45, 7) is 5.44. The summed E-state index contributed by atoms with van der Waals surface area (Å²) in [4.78, 5) is 7.23. The van der Waals surface area contributed by atoms with Crippen molar-refractivity contribution in [2.24, 2.45) is 0 Å². The molecule has 0 atom stereocenters. The topological polar surface area (TPSA) is 21.1 Å². The first-order valence-electron chi connectivity index (χ1n) is 7.17. The molecule has 1 saturated carbocycles. The summed E-state index contributed by atoms with van der Waals surface area (Å²) >= 11 is 8.39. The van der Waals surface area contributed by atoms with Crippen LogP contribution in [0.25, 0.3) is 11.0 Å². The normalized spacial score (nSPS) is 15.4. The van der Waals surface area contributed by atoms with E-state index in [-0.39, 0.29) is 0 Å². The number of alkyl halides is 1. The molecule has 20 heavy (non-hydrogen) atoms. The molecule has 3 nitrogen and oxygen atoms in total. The van der Waals surface area contributed by atoms with Gasteiger partial charge < -0.3 is 4.57 Å². The predicted octanol–water partition coefficient (Wildman–Crippen LogP) is 3.86. The van der Waals surface area contributed by atoms with Crippen LogP contribution in [0.4, 0.5) is 0 Å². The third-order valence-electron chi connectivity index (χ3n) is 3.99. The summed E-state index contributed by atoms with van der Waals surface area (Å²) in [5.74, 6) is 1.45. The van der Waals surface area contributed by atoms with Crippen LogP contribution in [0.5, 0.6) is 0 Å². The van der Waals surface area contributed by atoms with Crippen molar-refractivity contribution in [1.29, 1.82) is 0 Å². The number of hydrogen-bond donors (Lipinski definition) is 0. The second-order valence-corrected chi connectivity index (χ2v) is 6.82. The Balaban J connectivity index is 1.85. The number of imidazole rings is 1. The maximum Gasteiger partial charge on any atom is 0.124 e. The average molecular weight is 404 g/mol. The molecule has 1 aromatic carbocycles. The molecular formula is C15H19ClIN3. The van der Waals surface area contributed by atoms with Crippen molar-refractivity contribution in [3.63, 3.8) is 0 Å². The van der Waals surface area contributed by atoms with E-state index in [0.29, 0.717) is 5.88 Å². The number of aromatic nitrogens is 2. The highest BCUT2D eigenvalue weighted by Crippen LogP contribution is 2.27. The van der Waals surface area contributed by atoms with E-state index in [0.717, 1.165) is 37.0 Å². The first kappa shape index (κ1) is 14.6. The molecule has 2 aromatic rings. The quantitative estimate of drug-likeness (QED) is 0.539. The third-order valence-corrected chi connectivity index (χ3v) is 4.90. The van der Waals surface area contributed by atoms with Crippen LogP contribution in [0.2, 0.25) is 0 Å². The number of likely N-dealkylation sites (N-methyl/N-ethyl adjacent to an activating group) is 1. The molecule has 108 valence electrons. The Morgan fingerprint density at radius 2 is 2.25 bits per heavy atom. The van der Waals surface area contributed by atoms with Crippen molar-refractivity contribution in [3.8, 4) is 0 Å². The van der Waals surface area contributed by atoms with E-state index in [9.17, 15) is 0 Å². The van der Waals surface area contributed by atoms with Crippen molar-refractivity contribution in [1.82, 2.24) is 14.5 Å². The molecular weight excluding hydrogens is 385 g/mol. The summed E-state index contributed by atoms with van der Waals surface area (Å²) in [6, 6.07) is 7.24. The van der Waals surface area contributed by atoms with Gasteiger partial charge in [0.15, 0.2) is 0 Å². The van der Waals surface area contributed by atoms with Gasteiger partial charge in [-0.05, 0) is 60.2 Å². The molecule has 0 unspecified atom stereocenters. The van der Waals surface area contributed by atoms with Gasteiger partial charge in [-0.1, -0.05) is 6.92 Å². The number of hydrogen-bond acceptors (Lipinski definition) is 2. The molecule has 0 N–H and O–H groups in total. The molecule has 0 saturated heterocycles. The van der Waals surface area contributed by atoms with E-state index in [2.05, 4.69) is 62.2 Å². The van der Waals surface area contributed by atoms with Crippen LogP contribution < -0.4 is 0 Å². The lowest BCUT2D eigenvalue weighted by Gasteiger charge is -2.20. The smallest absolute Gasteiger partial charge is 0.124 e. The number of fused-ring (bicyclic) bond motifs is 1. The zero-order valence-corrected chi connectivity index (χ0v) is 14.6. The van der Waals surface area contributed by atoms with Gasteiger partial charge >= 0.3 is 0 Å². The lowest BCUT2D eigenvalue weighted by Crippen LogP contribution is -2.29. The summed E-state index contributed by atoms with van der Waals surface area (Å²) in [6.07, 6.45) is 2.72. The second kappa shape index (κ2) is 6.20. The van der Waals surface area contributed by atoms with Crippen LogP contribution in [0.3, 0.4) is 0 Å². The van der Waals surface area contributed by atoms with Gasteiger partial charge in [0.25, 0.3) is 0 Å². The van der Waals surface area contributed by atoms with E-state index in [1.54, 1.807) is 0 Å². The fraction of sp³-hybridized carbons (Fsp3) is 0.533. The van der Waals surface area contributed by atoms with Crippen LogP contribution >= 0.6 is 34.2 Å². The Labute approximate surface area is 138 Å². The second-order valence-electron chi connectivity index (χ2n) is 5.31. The first-order valence-corrected chi connectivity index (χ1v) is 8.79. The molecule has 0 amide bonds. The van der Waals surface area contributed by atoms with Crippen LogP contribution in [0, 0.1) is 3.57 Å². The molecule has 1 heterocycles. The Morgan fingerprint density at radius 1 is 1.45 bits per heavy atom. The van der Waals surface area contributed by atoms with Crippen molar-refractivity contribution < 1.29 is 0 Å². The first-order chi connectivity index (χ1) is 9.72. The molecule has 0 spiro atoms. The number of halogens is 2. The Bertz CT molecular complexity index is 606. The van der Waals surface area contributed by atoms with Crippen LogP contribution in [-0.2, 0) is 12.4 Å². The Hall–Kier alpha value is -0.330. The summed E-state index contributed by atoms with van der Waals surface area (Å²) in [5.41, 5.74) is 2.26. The standard InChI is InChI=1S/C15H19ClIN3/c1-2-19(12-4-5-12)7-8-20-14-6-3-11(17)9-13(14)18-15(20)10-16/h3,6,9,12H,2,4-5,7-8,10H2,1H3. The Kier molecular flexibility index (Phi) is 4.52. The molecule has 1 aliphatic rings. The van der Waals surface area contributed by atoms with Gasteiger partial charge in [0.1, 0.15) is 5.82 Å². The molecule has 1 aliphatic carbocycles. The van der Waals surface area contributed by atoms with Gasteiger partial charge in [0.2, 0.25) is 0 Å². The monoisotopic (exact) mass is 403 g/mol. The van der Waals surface area contributed by atoms with Crippen LogP contribution in [-0.4, -0.2) is 33.6 Å². The maximum absolute atomic E-state index is 6.07. The van der Waals surface area contributed by atoms with E-state index in [1.807, 2.05) is 0 Å². The number of nitrogens with zero attached hydrogens (tertiary/aromatic N) is 3. The zero-order chi connectivity index (χ0) is 14.1. The minimum atomic E-state index is 0.473. The fourth-order valence-electron chi connectivity index (χ4n) is 2.77. The third kappa shape index (κ3) is 2.97. The van der Waals surface area contributed by atoms with Gasteiger partial charge in [0, 0.05) is 22.7 Å². The lowest BCUT2D eigenvalue weighted by molar-refractivity contribution is 0.266. The van der Waals surface area contributed by atoms with Gasteiger partial charge in [-0.25, -0.2) is 4.98 Å². The average Bonchev–Trinajstić information content (AvgIpc) is 3.22. The summed E-state index contributed by atoms with van der Waals surface area (Å²) < 4.78 is 3.50. The largest absolute Gasteiger partial charge is 0.326 e. The van der Waals surface area contributed by atoms with Crippen LogP contribution in [0.15, 0.2) is 18.2 Å². The van der Waals surface area contributed by atoms with Crippen LogP contribution in [0.1, 0.15) is 25.6 Å². The highest BCUT2D eigenvalue weighted by molar-refractivity contribution is 14.1. The molecule has 1 aromatic heterocycles. The molecule has 0 aliphatic heterocycles. The van der Waals surface area contributed by atoms with E-state index in [1.165, 1.54) is 21.9 Å². The van der Waals surface area contributed by atoms with Crippen molar-refractivity contribution in [2.75, 3.05) is 13.1 Å². The molecule has 5 heteroatoms. The predicted molar refractivity (Wildman–Crippen MR) is 92.3 cm³/mol. The minimum absolute atomic E-state index is 0.473. The summed E-state index contributed by atoms with van der Waals surface area (Å²) in [5, 5.41) is 0. The van der Waals surface area contributed by atoms with Crippen molar-refractivity contribution >= 4 is 45.2 Å². The SMILES string of the molecule is CCN(CCn1c(CCl)nc2cc(I)ccc21)C1CC1. The van der Waals surface area contributed by atoms with Gasteiger partial charge in [-0.2, -0.15) is 0 Å². The van der Waals surface area contributed by atoms with Gasteiger partial charge in [-0.15, -0.1) is 11.6 Å². The molecule has 1 fully saturated rings. The lowest BCUT2D eigenvalue weighted by atomic mass is 10.3. The molecule has 0 bridgehead atoms. The highest BCUT2D eigenvalue weighted by Gasteiger charge is 2.27.